The van der Waals surface area contributed by atoms with E-state index in [0.29, 0.717) is 69.7 Å². The average molecular weight is 706 g/mol. The van der Waals surface area contributed by atoms with E-state index in [1.54, 1.807) is 14.7 Å². The highest BCUT2D eigenvalue weighted by Gasteiger charge is 2.44. The number of ether oxygens (including phenoxy) is 2. The Labute approximate surface area is 275 Å². The number of nitrogens with zero attached hydrogens (tertiary/aromatic N) is 7. The van der Waals surface area contributed by atoms with Crippen LogP contribution in [0.15, 0.2) is 23.4 Å². The summed E-state index contributed by atoms with van der Waals surface area (Å²) < 4.78 is 93.9. The van der Waals surface area contributed by atoms with E-state index in [0.717, 1.165) is 24.6 Å². The average Bonchev–Trinajstić information content (AvgIpc) is 3.68. The maximum absolute atomic E-state index is 14.3. The van der Waals surface area contributed by atoms with Gasteiger partial charge in [0.1, 0.15) is 12.3 Å². The third-order valence-corrected chi connectivity index (χ3v) is 10.7. The second-order valence-corrected chi connectivity index (χ2v) is 19.3. The highest BCUT2D eigenvalue weighted by Crippen LogP contribution is 2.40. The summed E-state index contributed by atoms with van der Waals surface area (Å²) >= 11 is 0. The summed E-state index contributed by atoms with van der Waals surface area (Å²) in [5.74, 6) is 0.0151. The van der Waals surface area contributed by atoms with Crippen LogP contribution < -0.4 is 15.4 Å². The Bertz CT molecular complexity index is 1480. The molecule has 0 spiro atoms. The zero-order valence-electron chi connectivity index (χ0n) is 27.2. The van der Waals surface area contributed by atoms with Gasteiger partial charge < -0.3 is 24.2 Å². The van der Waals surface area contributed by atoms with Crippen molar-refractivity contribution < 1.29 is 40.6 Å². The molecule has 48 heavy (non-hydrogen) atoms. The Kier molecular flexibility index (Phi) is 10.7. The van der Waals surface area contributed by atoms with E-state index >= 15 is 0 Å². The van der Waals surface area contributed by atoms with E-state index in [1.165, 1.54) is 0 Å². The number of amides is 1. The van der Waals surface area contributed by atoms with Crippen LogP contribution in [0.3, 0.4) is 0 Å². The fraction of sp³-hybridized carbons (Fsp3) is 0.700. The second-order valence-electron chi connectivity index (χ2n) is 13.7. The first-order valence-corrected chi connectivity index (χ1v) is 19.8. The van der Waals surface area contributed by atoms with Crippen molar-refractivity contribution in [1.29, 1.82) is 0 Å². The zero-order valence-corrected chi connectivity index (χ0v) is 28.2. The lowest BCUT2D eigenvalue weighted by Gasteiger charge is -2.35. The van der Waals surface area contributed by atoms with Gasteiger partial charge in [0, 0.05) is 59.8 Å². The number of hydrogen-bond acceptors (Lipinski definition) is 9. The third-order valence-electron chi connectivity index (χ3n) is 8.98. The minimum absolute atomic E-state index is 0.100. The molecule has 2 aromatic heterocycles. The Morgan fingerprint density at radius 2 is 1.65 bits per heavy atom. The molecule has 3 aliphatic rings. The molecule has 5 rings (SSSR count). The highest BCUT2D eigenvalue weighted by molar-refractivity contribution is 6.76. The molecule has 266 valence electrons. The van der Waals surface area contributed by atoms with Crippen LogP contribution in [0.1, 0.15) is 43.2 Å². The normalized spacial score (nSPS) is 22.5. The van der Waals surface area contributed by atoms with E-state index in [2.05, 4.69) is 34.7 Å². The van der Waals surface area contributed by atoms with Crippen molar-refractivity contribution in [3.63, 3.8) is 0 Å². The quantitative estimate of drug-likeness (QED) is 0.199. The van der Waals surface area contributed by atoms with Crippen LogP contribution >= 0.6 is 0 Å². The number of aromatic nitrogens is 4. The summed E-state index contributed by atoms with van der Waals surface area (Å²) in [6.45, 7) is 8.07. The number of piperazine rings is 1. The van der Waals surface area contributed by atoms with Crippen LogP contribution in [-0.4, -0.2) is 96.2 Å². The molecular formula is C30H41F6N7O4Si. The van der Waals surface area contributed by atoms with Crippen molar-refractivity contribution in [3.8, 4) is 0 Å². The molecule has 0 saturated carbocycles. The molecular weight excluding hydrogens is 664 g/mol. The molecule has 11 nitrogen and oxygen atoms in total. The van der Waals surface area contributed by atoms with Gasteiger partial charge >= 0.3 is 12.4 Å². The molecule has 18 heteroatoms. The number of alkyl halides is 6. The van der Waals surface area contributed by atoms with E-state index in [4.69, 9.17) is 9.47 Å². The van der Waals surface area contributed by atoms with Crippen molar-refractivity contribution in [2.75, 3.05) is 49.1 Å². The van der Waals surface area contributed by atoms with Crippen LogP contribution in [0.5, 0.6) is 0 Å². The first-order valence-electron chi connectivity index (χ1n) is 16.1. The van der Waals surface area contributed by atoms with Gasteiger partial charge in [0.05, 0.1) is 42.1 Å². The van der Waals surface area contributed by atoms with Gasteiger partial charge in [-0.15, -0.1) is 0 Å². The molecule has 3 atom stereocenters. The molecule has 0 N–H and O–H groups in total. The van der Waals surface area contributed by atoms with Gasteiger partial charge in [-0.25, -0.2) is 14.6 Å². The Balaban J connectivity index is 1.17. The zero-order chi connectivity index (χ0) is 34.9. The van der Waals surface area contributed by atoms with Crippen molar-refractivity contribution in [1.82, 2.24) is 24.6 Å². The van der Waals surface area contributed by atoms with Crippen molar-refractivity contribution in [2.45, 2.75) is 95.1 Å². The van der Waals surface area contributed by atoms with Gasteiger partial charge in [-0.2, -0.15) is 31.4 Å². The molecule has 0 aliphatic carbocycles. The van der Waals surface area contributed by atoms with Gasteiger partial charge in [0.2, 0.25) is 11.9 Å². The molecule has 0 aromatic carbocycles. The van der Waals surface area contributed by atoms with E-state index < -0.39 is 55.4 Å². The number of hydrogen-bond donors (Lipinski definition) is 0. The van der Waals surface area contributed by atoms with Gasteiger partial charge in [0.15, 0.2) is 0 Å². The van der Waals surface area contributed by atoms with Crippen LogP contribution in [0, 0.1) is 0 Å². The minimum atomic E-state index is -4.91. The van der Waals surface area contributed by atoms with Crippen LogP contribution in [0.4, 0.5) is 38.0 Å². The maximum atomic E-state index is 14.3. The second kappa shape index (κ2) is 14.3. The molecule has 3 saturated heterocycles. The van der Waals surface area contributed by atoms with E-state index in [1.807, 2.05) is 0 Å². The smallest absolute Gasteiger partial charge is 0.372 e. The van der Waals surface area contributed by atoms with Crippen LogP contribution in [0.2, 0.25) is 25.7 Å². The summed E-state index contributed by atoms with van der Waals surface area (Å²) in [5, 5.41) is 4.04. The van der Waals surface area contributed by atoms with Crippen LogP contribution in [0.25, 0.3) is 0 Å². The predicted molar refractivity (Wildman–Crippen MR) is 166 cm³/mol. The Hall–Kier alpha value is -3.25. The maximum Gasteiger partial charge on any atom is 0.423 e. The number of carbonyl (C=O) groups is 1. The Morgan fingerprint density at radius 1 is 0.958 bits per heavy atom. The molecule has 5 heterocycles. The Morgan fingerprint density at radius 3 is 2.27 bits per heavy atom. The predicted octanol–water partition coefficient (Wildman–Crippen LogP) is 4.64. The van der Waals surface area contributed by atoms with E-state index in [9.17, 15) is 35.9 Å². The van der Waals surface area contributed by atoms with Gasteiger partial charge in [-0.05, 0) is 31.7 Å². The summed E-state index contributed by atoms with van der Waals surface area (Å²) in [4.78, 5) is 38.8. The molecule has 0 radical (unpaired) electrons. The molecule has 0 bridgehead atoms. The minimum Gasteiger partial charge on any atom is -0.372 e. The van der Waals surface area contributed by atoms with Gasteiger partial charge in [-0.1, -0.05) is 19.6 Å². The number of anilines is 2. The summed E-state index contributed by atoms with van der Waals surface area (Å²) in [5.41, 5.74) is -3.73. The molecule has 3 aliphatic heterocycles. The van der Waals surface area contributed by atoms with Gasteiger partial charge in [-0.3, -0.25) is 9.59 Å². The monoisotopic (exact) mass is 705 g/mol. The van der Waals surface area contributed by atoms with Crippen LogP contribution in [-0.2, 0) is 33.4 Å². The number of halogens is 6. The first kappa shape index (κ1) is 36.0. The first-order chi connectivity index (χ1) is 22.5. The fourth-order valence-corrected chi connectivity index (χ4v) is 7.10. The van der Waals surface area contributed by atoms with Crippen molar-refractivity contribution >= 4 is 25.6 Å². The number of carbonyl (C=O) groups excluding carboxylic acids is 1. The molecule has 3 fully saturated rings. The van der Waals surface area contributed by atoms with Gasteiger partial charge in [0.25, 0.3) is 5.56 Å². The SMILES string of the molecule is C[Si](C)(C)CCOCn1ncc(N2CCC[C@H]2C2CCC(CC(=O)N3CCN(c4ncc(C(F)(F)F)cn4)CC3)O2)c(C(F)(F)F)c1=O. The molecule has 2 aromatic rings. The topological polar surface area (TPSA) is 106 Å². The largest absolute Gasteiger partial charge is 0.423 e. The fourth-order valence-electron chi connectivity index (χ4n) is 6.34. The third kappa shape index (κ3) is 8.66. The highest BCUT2D eigenvalue weighted by atomic mass is 28.3. The lowest BCUT2D eigenvalue weighted by atomic mass is 10.0. The summed E-state index contributed by atoms with van der Waals surface area (Å²) in [6, 6.07) is 0.386. The lowest BCUT2D eigenvalue weighted by Crippen LogP contribution is -2.49. The molecule has 1 amide bonds. The van der Waals surface area contributed by atoms with Crippen molar-refractivity contribution in [2.24, 2.45) is 0 Å². The lowest BCUT2D eigenvalue weighted by molar-refractivity contribution is -0.139. The number of rotatable bonds is 10. The summed E-state index contributed by atoms with van der Waals surface area (Å²) in [6.07, 6.45) is -5.32. The molecule has 2 unspecified atom stereocenters. The van der Waals surface area contributed by atoms with Crippen molar-refractivity contribution in [3.05, 3.63) is 40.1 Å². The van der Waals surface area contributed by atoms with E-state index in [-0.39, 0.29) is 30.7 Å². The summed E-state index contributed by atoms with van der Waals surface area (Å²) in [7, 11) is -1.43. The standard InChI is InChI=1S/C30H41F6N7O4Si/c1-48(2,3)14-13-46-19-43-27(45)26(30(34,35)36)23(18-39-43)42-8-4-5-22(42)24-7-6-21(47-24)15-25(44)40-9-11-41(12-10-40)28-37-16-20(17-38-28)29(31,32)33/h16-18,21-22,24H,4-15,19H2,1-3H3/t21?,22-,24?/m0/s1.